The zero-order chi connectivity index (χ0) is 10.1. The highest BCUT2D eigenvalue weighted by atomic mass is 16.5. The molecular formula is C11H16O2. The van der Waals surface area contributed by atoms with Gasteiger partial charge in [-0.2, -0.15) is 0 Å². The standard InChI is InChI=1S/C11H16O2/c1-8(2)11(12,13)10-6-4-9(3)5-7-10/h4-8,12-13H,1-3H3. The molecule has 0 aromatic heterocycles. The van der Waals surface area contributed by atoms with Gasteiger partial charge in [0, 0.05) is 11.5 Å². The van der Waals surface area contributed by atoms with Crippen molar-refractivity contribution in [3.8, 4) is 0 Å². The molecule has 1 aromatic carbocycles. The number of aryl methyl sites for hydroxylation is 1. The summed E-state index contributed by atoms with van der Waals surface area (Å²) in [5.74, 6) is -1.93. The zero-order valence-electron chi connectivity index (χ0n) is 8.28. The molecule has 2 heteroatoms. The lowest BCUT2D eigenvalue weighted by molar-refractivity contribution is -0.201. The lowest BCUT2D eigenvalue weighted by Crippen LogP contribution is -2.31. The van der Waals surface area contributed by atoms with E-state index in [9.17, 15) is 10.2 Å². The molecule has 0 spiro atoms. The van der Waals surface area contributed by atoms with Crippen molar-refractivity contribution in [2.24, 2.45) is 5.92 Å². The first-order valence-electron chi connectivity index (χ1n) is 4.46. The number of benzene rings is 1. The van der Waals surface area contributed by atoms with Crippen LogP contribution in [0.5, 0.6) is 0 Å². The summed E-state index contributed by atoms with van der Waals surface area (Å²) in [4.78, 5) is 0. The van der Waals surface area contributed by atoms with Crippen molar-refractivity contribution in [2.45, 2.75) is 26.6 Å². The lowest BCUT2D eigenvalue weighted by atomic mass is 9.94. The lowest BCUT2D eigenvalue weighted by Gasteiger charge is -2.26. The maximum Gasteiger partial charge on any atom is 0.192 e. The highest BCUT2D eigenvalue weighted by molar-refractivity contribution is 5.24. The van der Waals surface area contributed by atoms with E-state index in [1.54, 1.807) is 26.0 Å². The molecule has 0 atom stereocenters. The minimum Gasteiger partial charge on any atom is -0.362 e. The van der Waals surface area contributed by atoms with Crippen LogP contribution >= 0.6 is 0 Å². The van der Waals surface area contributed by atoms with Gasteiger partial charge in [0.1, 0.15) is 0 Å². The molecular weight excluding hydrogens is 164 g/mol. The van der Waals surface area contributed by atoms with E-state index >= 15 is 0 Å². The van der Waals surface area contributed by atoms with Crippen molar-refractivity contribution in [1.82, 2.24) is 0 Å². The number of rotatable bonds is 2. The summed E-state index contributed by atoms with van der Waals surface area (Å²) in [6.07, 6.45) is 0. The van der Waals surface area contributed by atoms with Gasteiger partial charge in [-0.05, 0) is 6.92 Å². The number of hydrogen-bond acceptors (Lipinski definition) is 2. The Balaban J connectivity index is 3.01. The highest BCUT2D eigenvalue weighted by Gasteiger charge is 2.29. The third-order valence-corrected chi connectivity index (χ3v) is 2.28. The van der Waals surface area contributed by atoms with Crippen molar-refractivity contribution in [3.63, 3.8) is 0 Å². The summed E-state index contributed by atoms with van der Waals surface area (Å²) < 4.78 is 0. The van der Waals surface area contributed by atoms with Crippen LogP contribution in [0.3, 0.4) is 0 Å². The predicted octanol–water partition coefficient (Wildman–Crippen LogP) is 1.79. The first-order valence-corrected chi connectivity index (χ1v) is 4.46. The van der Waals surface area contributed by atoms with Gasteiger partial charge in [0.05, 0.1) is 0 Å². The Labute approximate surface area is 78.8 Å². The van der Waals surface area contributed by atoms with Crippen LogP contribution in [0.25, 0.3) is 0 Å². The number of hydrogen-bond donors (Lipinski definition) is 2. The Kier molecular flexibility index (Phi) is 2.74. The van der Waals surface area contributed by atoms with Gasteiger partial charge in [-0.3, -0.25) is 0 Å². The molecule has 0 aliphatic heterocycles. The Morgan fingerprint density at radius 3 is 1.92 bits per heavy atom. The number of aliphatic hydroxyl groups is 2. The highest BCUT2D eigenvalue weighted by Crippen LogP contribution is 2.26. The summed E-state index contributed by atoms with van der Waals surface area (Å²) in [6, 6.07) is 7.24. The molecule has 0 aliphatic rings. The van der Waals surface area contributed by atoms with E-state index in [4.69, 9.17) is 0 Å². The van der Waals surface area contributed by atoms with Gasteiger partial charge in [0.2, 0.25) is 0 Å². The quantitative estimate of drug-likeness (QED) is 0.681. The van der Waals surface area contributed by atoms with Crippen LogP contribution in [-0.2, 0) is 5.79 Å². The Morgan fingerprint density at radius 1 is 1.08 bits per heavy atom. The minimum atomic E-state index is -1.71. The second kappa shape index (κ2) is 3.48. The predicted molar refractivity (Wildman–Crippen MR) is 52.1 cm³/mol. The van der Waals surface area contributed by atoms with E-state index in [-0.39, 0.29) is 5.92 Å². The third-order valence-electron chi connectivity index (χ3n) is 2.28. The molecule has 0 radical (unpaired) electrons. The largest absolute Gasteiger partial charge is 0.362 e. The molecule has 0 unspecified atom stereocenters. The van der Waals surface area contributed by atoms with Crippen molar-refractivity contribution >= 4 is 0 Å². The average Bonchev–Trinajstić information content (AvgIpc) is 2.04. The Morgan fingerprint density at radius 2 is 1.54 bits per heavy atom. The minimum absolute atomic E-state index is 0.213. The van der Waals surface area contributed by atoms with Gasteiger partial charge in [0.25, 0.3) is 0 Å². The SMILES string of the molecule is Cc1ccc(C(O)(O)C(C)C)cc1. The maximum absolute atomic E-state index is 9.71. The summed E-state index contributed by atoms with van der Waals surface area (Å²) in [7, 11) is 0. The van der Waals surface area contributed by atoms with Crippen LogP contribution in [0.4, 0.5) is 0 Å². The van der Waals surface area contributed by atoms with Crippen molar-refractivity contribution in [3.05, 3.63) is 35.4 Å². The average molecular weight is 180 g/mol. The molecule has 0 fully saturated rings. The summed E-state index contributed by atoms with van der Waals surface area (Å²) >= 11 is 0. The molecule has 1 rings (SSSR count). The molecule has 2 nitrogen and oxygen atoms in total. The first-order chi connectivity index (χ1) is 5.94. The molecule has 0 heterocycles. The summed E-state index contributed by atoms with van der Waals surface area (Å²) in [5, 5.41) is 19.4. The second-order valence-electron chi connectivity index (χ2n) is 3.75. The smallest absolute Gasteiger partial charge is 0.192 e. The molecule has 0 aliphatic carbocycles. The Hall–Kier alpha value is -0.860. The van der Waals surface area contributed by atoms with E-state index in [0.717, 1.165) is 5.56 Å². The van der Waals surface area contributed by atoms with Gasteiger partial charge in [0.15, 0.2) is 5.79 Å². The summed E-state index contributed by atoms with van der Waals surface area (Å²) in [5.41, 5.74) is 1.66. The van der Waals surface area contributed by atoms with Crippen LogP contribution in [0.15, 0.2) is 24.3 Å². The van der Waals surface area contributed by atoms with E-state index in [2.05, 4.69) is 0 Å². The van der Waals surface area contributed by atoms with Crippen LogP contribution in [-0.4, -0.2) is 10.2 Å². The normalized spacial score (nSPS) is 12.2. The van der Waals surface area contributed by atoms with Crippen LogP contribution in [0.1, 0.15) is 25.0 Å². The molecule has 0 saturated heterocycles. The second-order valence-corrected chi connectivity index (χ2v) is 3.75. The fourth-order valence-corrected chi connectivity index (χ4v) is 1.13. The van der Waals surface area contributed by atoms with Crippen molar-refractivity contribution < 1.29 is 10.2 Å². The van der Waals surface area contributed by atoms with Crippen molar-refractivity contribution in [2.75, 3.05) is 0 Å². The summed E-state index contributed by atoms with van der Waals surface area (Å²) in [6.45, 7) is 5.52. The van der Waals surface area contributed by atoms with Gasteiger partial charge in [-0.25, -0.2) is 0 Å². The van der Waals surface area contributed by atoms with Crippen LogP contribution < -0.4 is 0 Å². The fraction of sp³-hybridized carbons (Fsp3) is 0.455. The topological polar surface area (TPSA) is 40.5 Å². The van der Waals surface area contributed by atoms with Gasteiger partial charge < -0.3 is 10.2 Å². The van der Waals surface area contributed by atoms with E-state index in [1.807, 2.05) is 19.1 Å². The van der Waals surface area contributed by atoms with Gasteiger partial charge >= 0.3 is 0 Å². The molecule has 0 bridgehead atoms. The molecule has 13 heavy (non-hydrogen) atoms. The van der Waals surface area contributed by atoms with E-state index in [1.165, 1.54) is 0 Å². The van der Waals surface area contributed by atoms with Crippen molar-refractivity contribution in [1.29, 1.82) is 0 Å². The third kappa shape index (κ3) is 2.08. The fourth-order valence-electron chi connectivity index (χ4n) is 1.13. The van der Waals surface area contributed by atoms with E-state index in [0.29, 0.717) is 5.56 Å². The van der Waals surface area contributed by atoms with E-state index < -0.39 is 5.79 Å². The molecule has 0 saturated carbocycles. The molecule has 1 aromatic rings. The van der Waals surface area contributed by atoms with Crippen LogP contribution in [0, 0.1) is 12.8 Å². The Bertz CT molecular complexity index is 273. The van der Waals surface area contributed by atoms with Gasteiger partial charge in [-0.1, -0.05) is 43.7 Å². The monoisotopic (exact) mass is 180 g/mol. The molecule has 0 amide bonds. The van der Waals surface area contributed by atoms with Gasteiger partial charge in [-0.15, -0.1) is 0 Å². The maximum atomic E-state index is 9.71. The first kappa shape index (κ1) is 10.2. The van der Waals surface area contributed by atoms with Crippen LogP contribution in [0.2, 0.25) is 0 Å². The molecule has 2 N–H and O–H groups in total. The molecule has 72 valence electrons. The zero-order valence-corrected chi connectivity index (χ0v) is 8.28.